The van der Waals surface area contributed by atoms with E-state index in [4.69, 9.17) is 29.9 Å². The normalized spacial score (nSPS) is 11.1. The number of anilines is 6. The Morgan fingerprint density at radius 3 is 1.91 bits per heavy atom. The molecule has 18 heteroatoms. The van der Waals surface area contributed by atoms with Crippen LogP contribution in [0.3, 0.4) is 0 Å². The van der Waals surface area contributed by atoms with Crippen LogP contribution < -0.4 is 41.4 Å². The number of benzene rings is 6. The fraction of sp³-hybridized carbons (Fsp3) is 0.153. The van der Waals surface area contributed by atoms with Gasteiger partial charge in [-0.15, -0.1) is 0 Å². The van der Waals surface area contributed by atoms with Gasteiger partial charge in [-0.1, -0.05) is 66.2 Å². The average Bonchev–Trinajstić information content (AvgIpc) is 4.05. The molecule has 77 heavy (non-hydrogen) atoms. The largest absolute Gasteiger partial charge is 0.497 e. The zero-order chi connectivity index (χ0) is 53.3. The molecule has 0 aliphatic heterocycles. The van der Waals surface area contributed by atoms with Crippen molar-refractivity contribution in [1.29, 1.82) is 0 Å². The van der Waals surface area contributed by atoms with Crippen molar-refractivity contribution in [2.24, 2.45) is 0 Å². The quantitative estimate of drug-likeness (QED) is 0.0446. The third-order valence-corrected chi connectivity index (χ3v) is 13.0. The predicted octanol–water partition coefficient (Wildman–Crippen LogP) is 13.1. The van der Waals surface area contributed by atoms with Crippen molar-refractivity contribution in [1.82, 2.24) is 24.8 Å². The number of furan rings is 2. The van der Waals surface area contributed by atoms with Gasteiger partial charge in [0.2, 0.25) is 11.4 Å². The van der Waals surface area contributed by atoms with Gasteiger partial charge < -0.3 is 55.1 Å². The number of ether oxygens (including phenoxy) is 2. The van der Waals surface area contributed by atoms with Gasteiger partial charge in [0, 0.05) is 59.1 Å². The number of aromatic nitrogens is 4. The number of nitrogens with zero attached hydrogens (tertiary/aromatic N) is 5. The summed E-state index contributed by atoms with van der Waals surface area (Å²) in [6, 6.07) is 45.2. The molecule has 6 N–H and O–H groups in total. The number of methoxy groups -OCH3 is 2. The summed E-state index contributed by atoms with van der Waals surface area (Å²) in [6.45, 7) is 1.87. The maximum Gasteiger partial charge on any atom is 0.323 e. The molecule has 0 fully saturated rings. The van der Waals surface area contributed by atoms with Crippen LogP contribution in [0.1, 0.15) is 16.7 Å². The number of para-hydroxylation sites is 1. The highest BCUT2D eigenvalue weighted by Gasteiger charge is 2.20. The fourth-order valence-electron chi connectivity index (χ4n) is 8.81. The topological polar surface area (TPSA) is 206 Å². The molecule has 0 spiro atoms. The summed E-state index contributed by atoms with van der Waals surface area (Å²) in [4.78, 5) is 45.9. The first-order chi connectivity index (χ1) is 37.6. The van der Waals surface area contributed by atoms with Gasteiger partial charge in [-0.2, -0.15) is 0 Å². The number of amides is 4. The summed E-state index contributed by atoms with van der Waals surface area (Å²) in [5, 5.41) is 20.4. The zero-order valence-electron chi connectivity index (χ0n) is 42.6. The lowest BCUT2D eigenvalue weighted by Gasteiger charge is -2.15. The van der Waals surface area contributed by atoms with E-state index in [1.54, 1.807) is 14.2 Å². The standard InChI is InChI=1S/C59H54ClN11O6/c1-71(2)33-41-8-5-6-11-48(41)70-59(73)68-43-21-14-36(15-22-43)26-28-61-54-47-32-50(76-56(47)65-34-63-54)40-18-25-49(75-4)46(31-40)39-9-7-10-44(30-39)69-58(72)67-42-19-12-37(13-20-42)27-29-62-55-51-52(60)53(77-57(51)66-35-64-55)38-16-23-45(74-3)24-17-38/h5-25,30-32,34-35H,26-29,33H2,1-4H3,(H,61,63,65)(H,62,64,66)(H2,67,69,72)(H2,68,70,73). The maximum absolute atomic E-state index is 13.3. The van der Waals surface area contributed by atoms with Gasteiger partial charge in [0.05, 0.1) is 19.6 Å². The molecule has 10 rings (SSSR count). The lowest BCUT2D eigenvalue weighted by atomic mass is 10.00. The minimum atomic E-state index is -0.394. The van der Waals surface area contributed by atoms with Crippen molar-refractivity contribution in [3.8, 4) is 45.3 Å². The highest BCUT2D eigenvalue weighted by molar-refractivity contribution is 6.38. The van der Waals surface area contributed by atoms with Crippen LogP contribution in [0, 0.1) is 0 Å². The number of hydrogen-bond acceptors (Lipinski definition) is 13. The summed E-state index contributed by atoms with van der Waals surface area (Å²) >= 11 is 6.81. The third-order valence-electron chi connectivity index (χ3n) is 12.6. The van der Waals surface area contributed by atoms with Gasteiger partial charge in [-0.3, -0.25) is 0 Å². The SMILES string of the molecule is COc1ccc(-c2oc3ncnc(NCCc4ccc(NC(=O)Nc5cccc(-c6cc(-c7cc8c(NCCc9ccc(NC(=O)Nc%10ccccc%10CN(C)C)cc9)ncnc8o7)ccc6OC)c5)cc4)c3c2Cl)cc1. The predicted molar refractivity (Wildman–Crippen MR) is 304 cm³/mol. The molecule has 0 unspecified atom stereocenters. The molecule has 4 aromatic heterocycles. The highest BCUT2D eigenvalue weighted by atomic mass is 35.5. The molecule has 17 nitrogen and oxygen atoms in total. The molecule has 0 bridgehead atoms. The summed E-state index contributed by atoms with van der Waals surface area (Å²) in [5.74, 6) is 3.69. The molecular formula is C59H54ClN11O6. The van der Waals surface area contributed by atoms with Crippen LogP contribution in [0.4, 0.5) is 44.0 Å². The van der Waals surface area contributed by atoms with Crippen molar-refractivity contribution in [2.45, 2.75) is 19.4 Å². The van der Waals surface area contributed by atoms with Crippen molar-refractivity contribution in [2.75, 3.05) is 73.3 Å². The first-order valence-corrected chi connectivity index (χ1v) is 25.1. The second kappa shape index (κ2) is 23.4. The summed E-state index contributed by atoms with van der Waals surface area (Å²) in [7, 11) is 7.22. The third kappa shape index (κ3) is 12.2. The molecule has 4 amide bonds. The summed E-state index contributed by atoms with van der Waals surface area (Å²) in [5.41, 5.74) is 9.89. The van der Waals surface area contributed by atoms with E-state index in [1.165, 1.54) is 12.7 Å². The molecule has 0 radical (unpaired) electrons. The van der Waals surface area contributed by atoms with Crippen molar-refractivity contribution < 1.29 is 27.9 Å². The second-order valence-corrected chi connectivity index (χ2v) is 18.6. The summed E-state index contributed by atoms with van der Waals surface area (Å²) in [6.07, 6.45) is 4.30. The van der Waals surface area contributed by atoms with Crippen LogP contribution in [-0.4, -0.2) is 78.3 Å². The first-order valence-electron chi connectivity index (χ1n) is 24.7. The van der Waals surface area contributed by atoms with Crippen LogP contribution in [0.5, 0.6) is 11.5 Å². The number of carbonyl (C=O) groups is 2. The Hall–Kier alpha value is -9.45. The Morgan fingerprint density at radius 2 is 1.22 bits per heavy atom. The lowest BCUT2D eigenvalue weighted by molar-refractivity contribution is 0.261. The van der Waals surface area contributed by atoms with E-state index in [-0.39, 0.29) is 6.03 Å². The molecule has 6 aromatic carbocycles. The van der Waals surface area contributed by atoms with Crippen LogP contribution >= 0.6 is 11.6 Å². The Morgan fingerprint density at radius 1 is 0.584 bits per heavy atom. The van der Waals surface area contributed by atoms with Gasteiger partial charge in [-0.25, -0.2) is 29.5 Å². The Labute approximate surface area is 449 Å². The zero-order valence-corrected chi connectivity index (χ0v) is 43.4. The number of halogens is 1. The van der Waals surface area contributed by atoms with Crippen molar-refractivity contribution in [3.63, 3.8) is 0 Å². The van der Waals surface area contributed by atoms with E-state index in [0.717, 1.165) is 55.8 Å². The van der Waals surface area contributed by atoms with E-state index in [9.17, 15) is 9.59 Å². The molecule has 0 saturated carbocycles. The van der Waals surface area contributed by atoms with Gasteiger partial charge in [0.25, 0.3) is 0 Å². The van der Waals surface area contributed by atoms with Gasteiger partial charge in [0.15, 0.2) is 5.76 Å². The van der Waals surface area contributed by atoms with Crippen LogP contribution in [0.2, 0.25) is 5.02 Å². The maximum atomic E-state index is 13.3. The molecule has 0 saturated heterocycles. The van der Waals surface area contributed by atoms with E-state index in [1.807, 2.05) is 160 Å². The minimum absolute atomic E-state index is 0.305. The monoisotopic (exact) mass is 1050 g/mol. The number of urea groups is 2. The Bertz CT molecular complexity index is 3700. The van der Waals surface area contributed by atoms with E-state index >= 15 is 0 Å². The van der Waals surface area contributed by atoms with Gasteiger partial charge >= 0.3 is 12.1 Å². The van der Waals surface area contributed by atoms with E-state index < -0.39 is 6.03 Å². The number of hydrogen-bond donors (Lipinski definition) is 6. The highest BCUT2D eigenvalue weighted by Crippen LogP contribution is 2.41. The van der Waals surface area contributed by atoms with Gasteiger partial charge in [-0.05, 0) is 140 Å². The van der Waals surface area contributed by atoms with Crippen molar-refractivity contribution in [3.05, 3.63) is 180 Å². The molecule has 0 aliphatic rings. The fourth-order valence-corrected chi connectivity index (χ4v) is 9.13. The Balaban J connectivity index is 0.728. The van der Waals surface area contributed by atoms with Crippen LogP contribution in [0.25, 0.3) is 56.0 Å². The second-order valence-electron chi connectivity index (χ2n) is 18.2. The van der Waals surface area contributed by atoms with Crippen molar-refractivity contribution >= 4 is 80.2 Å². The Kier molecular flexibility index (Phi) is 15.5. The van der Waals surface area contributed by atoms with E-state index in [0.29, 0.717) is 100 Å². The first kappa shape index (κ1) is 51.1. The van der Waals surface area contributed by atoms with E-state index in [2.05, 4.69) is 56.7 Å². The van der Waals surface area contributed by atoms with Gasteiger partial charge in [0.1, 0.15) is 52.0 Å². The van der Waals surface area contributed by atoms with Crippen LogP contribution in [0.15, 0.2) is 167 Å². The molecule has 0 aliphatic carbocycles. The number of fused-ring (bicyclic) bond motifs is 2. The molecule has 4 heterocycles. The summed E-state index contributed by atoms with van der Waals surface area (Å²) < 4.78 is 23.4. The number of carbonyl (C=O) groups excluding carboxylic acids is 2. The number of nitrogens with one attached hydrogen (secondary N) is 6. The molecule has 0 atom stereocenters. The smallest absolute Gasteiger partial charge is 0.323 e. The number of rotatable bonds is 19. The average molecular weight is 1050 g/mol. The lowest BCUT2D eigenvalue weighted by Crippen LogP contribution is -2.21. The molecule has 10 aromatic rings. The minimum Gasteiger partial charge on any atom is -0.497 e. The van der Waals surface area contributed by atoms with Crippen LogP contribution in [-0.2, 0) is 19.4 Å². The molecular weight excluding hydrogens is 994 g/mol. The molecule has 388 valence electrons.